The lowest BCUT2D eigenvalue weighted by Gasteiger charge is -2.32. The van der Waals surface area contributed by atoms with Gasteiger partial charge in [0.25, 0.3) is 0 Å². The third-order valence-electron chi connectivity index (χ3n) is 5.83. The van der Waals surface area contributed by atoms with Crippen molar-refractivity contribution in [3.05, 3.63) is 24.3 Å². The molecule has 168 valence electrons. The Morgan fingerprint density at radius 2 is 1.03 bits per heavy atom. The third-order valence-corrected chi connectivity index (χ3v) is 5.83. The van der Waals surface area contributed by atoms with Gasteiger partial charge in [-0.05, 0) is 38.5 Å². The molecular weight excluding hydrogens is 396 g/mol. The monoisotopic (exact) mass is 426 g/mol. The van der Waals surface area contributed by atoms with Crippen LogP contribution in [0.1, 0.15) is 38.5 Å². The van der Waals surface area contributed by atoms with Crippen LogP contribution in [0.15, 0.2) is 24.3 Å². The van der Waals surface area contributed by atoms with E-state index in [9.17, 15) is 19.2 Å². The minimum atomic E-state index is -1.15. The standard InChI is InChI=1S/2C10H15NO4/c2*1-5-2-3-6(9(12)13)7(4-5)8(11)10(14)15/h2*6-8H,1-4,11H2,(H,12,13)(H,14,15)/t6-,7+,8-;6-,7-,8+/m01/s1. The van der Waals surface area contributed by atoms with Crippen LogP contribution in [-0.2, 0) is 19.2 Å². The zero-order chi connectivity index (χ0) is 23.2. The van der Waals surface area contributed by atoms with Crippen molar-refractivity contribution in [2.45, 2.75) is 50.6 Å². The Kier molecular flexibility index (Phi) is 9.19. The Morgan fingerprint density at radius 1 is 0.733 bits per heavy atom. The smallest absolute Gasteiger partial charge is 0.320 e. The summed E-state index contributed by atoms with van der Waals surface area (Å²) < 4.78 is 0. The number of hydrogen-bond acceptors (Lipinski definition) is 6. The molecule has 0 bridgehead atoms. The maximum Gasteiger partial charge on any atom is 0.320 e. The lowest BCUT2D eigenvalue weighted by Crippen LogP contribution is -2.45. The summed E-state index contributed by atoms with van der Waals surface area (Å²) in [7, 11) is 0. The Bertz CT molecular complexity index is 656. The largest absolute Gasteiger partial charge is 0.481 e. The highest BCUT2D eigenvalue weighted by Crippen LogP contribution is 2.35. The molecule has 2 fully saturated rings. The number of nitrogens with two attached hydrogens (primary N) is 2. The fraction of sp³-hybridized carbons (Fsp3) is 0.600. The number of aliphatic carboxylic acids is 4. The van der Waals surface area contributed by atoms with E-state index in [-0.39, 0.29) is 0 Å². The first kappa shape index (κ1) is 25.3. The van der Waals surface area contributed by atoms with Crippen molar-refractivity contribution in [3.8, 4) is 0 Å². The molecule has 10 nitrogen and oxygen atoms in total. The lowest BCUT2D eigenvalue weighted by atomic mass is 9.74. The highest BCUT2D eigenvalue weighted by Gasteiger charge is 2.39. The van der Waals surface area contributed by atoms with Gasteiger partial charge in [0, 0.05) is 11.8 Å². The van der Waals surface area contributed by atoms with E-state index in [4.69, 9.17) is 31.9 Å². The molecule has 0 unspecified atom stereocenters. The molecule has 0 radical (unpaired) electrons. The van der Waals surface area contributed by atoms with Crippen LogP contribution in [0.5, 0.6) is 0 Å². The molecule has 0 aromatic rings. The zero-order valence-corrected chi connectivity index (χ0v) is 16.7. The van der Waals surface area contributed by atoms with Crippen LogP contribution < -0.4 is 11.5 Å². The second kappa shape index (κ2) is 10.9. The van der Waals surface area contributed by atoms with Crippen molar-refractivity contribution < 1.29 is 39.6 Å². The van der Waals surface area contributed by atoms with Crippen LogP contribution in [0, 0.1) is 23.7 Å². The van der Waals surface area contributed by atoms with E-state index in [1.165, 1.54) is 0 Å². The van der Waals surface area contributed by atoms with E-state index >= 15 is 0 Å². The lowest BCUT2D eigenvalue weighted by molar-refractivity contribution is -0.149. The van der Waals surface area contributed by atoms with Crippen LogP contribution in [0.3, 0.4) is 0 Å². The average Bonchev–Trinajstić information content (AvgIpc) is 2.66. The van der Waals surface area contributed by atoms with E-state index < -0.39 is 59.6 Å². The van der Waals surface area contributed by atoms with Gasteiger partial charge in [-0.1, -0.05) is 24.3 Å². The van der Waals surface area contributed by atoms with Crippen molar-refractivity contribution >= 4 is 23.9 Å². The molecule has 2 aliphatic carbocycles. The summed E-state index contributed by atoms with van der Waals surface area (Å²) in [5.74, 6) is -6.65. The summed E-state index contributed by atoms with van der Waals surface area (Å²) in [6, 6.07) is -2.24. The number of rotatable bonds is 6. The van der Waals surface area contributed by atoms with Crippen molar-refractivity contribution in [1.29, 1.82) is 0 Å². The molecule has 2 saturated carbocycles. The van der Waals surface area contributed by atoms with Gasteiger partial charge < -0.3 is 31.9 Å². The molecule has 0 aromatic carbocycles. The van der Waals surface area contributed by atoms with E-state index in [2.05, 4.69) is 13.2 Å². The molecule has 0 saturated heterocycles. The summed E-state index contributed by atoms with van der Waals surface area (Å²) in [5.41, 5.74) is 12.7. The summed E-state index contributed by atoms with van der Waals surface area (Å²) in [6.07, 6.45) is 2.92. The van der Waals surface area contributed by atoms with Gasteiger partial charge in [0.2, 0.25) is 0 Å². The predicted molar refractivity (Wildman–Crippen MR) is 106 cm³/mol. The van der Waals surface area contributed by atoms with Crippen molar-refractivity contribution in [2.75, 3.05) is 0 Å². The van der Waals surface area contributed by atoms with Gasteiger partial charge in [-0.2, -0.15) is 0 Å². The molecule has 10 heteroatoms. The quantitative estimate of drug-likeness (QED) is 0.331. The van der Waals surface area contributed by atoms with Crippen molar-refractivity contribution in [2.24, 2.45) is 35.1 Å². The topological polar surface area (TPSA) is 201 Å². The summed E-state index contributed by atoms with van der Waals surface area (Å²) >= 11 is 0. The molecule has 0 aromatic heterocycles. The fourth-order valence-corrected chi connectivity index (χ4v) is 4.04. The van der Waals surface area contributed by atoms with Gasteiger partial charge in [-0.15, -0.1) is 0 Å². The van der Waals surface area contributed by atoms with Gasteiger partial charge in [0.1, 0.15) is 12.1 Å². The molecule has 2 rings (SSSR count). The van der Waals surface area contributed by atoms with E-state index in [1.54, 1.807) is 0 Å². The van der Waals surface area contributed by atoms with Crippen LogP contribution in [0.25, 0.3) is 0 Å². The number of carboxylic acid groups (broad SMARTS) is 4. The van der Waals surface area contributed by atoms with Gasteiger partial charge >= 0.3 is 23.9 Å². The minimum Gasteiger partial charge on any atom is -0.481 e. The third kappa shape index (κ3) is 6.67. The molecule has 0 heterocycles. The van der Waals surface area contributed by atoms with Crippen molar-refractivity contribution in [1.82, 2.24) is 0 Å². The molecule has 8 N–H and O–H groups in total. The second-order valence-corrected chi connectivity index (χ2v) is 7.93. The normalized spacial score (nSPS) is 28.5. The molecular formula is C20H30N2O8. The van der Waals surface area contributed by atoms with E-state index in [0.717, 1.165) is 11.1 Å². The Morgan fingerprint density at radius 3 is 1.27 bits per heavy atom. The molecule has 0 amide bonds. The Hall–Kier alpha value is -2.72. The van der Waals surface area contributed by atoms with Gasteiger partial charge in [0.15, 0.2) is 0 Å². The van der Waals surface area contributed by atoms with Gasteiger partial charge in [-0.3, -0.25) is 19.2 Å². The predicted octanol–water partition coefficient (Wildman–Crippen LogP) is 0.911. The zero-order valence-electron chi connectivity index (χ0n) is 16.7. The first-order valence-electron chi connectivity index (χ1n) is 9.62. The first-order chi connectivity index (χ1) is 13.9. The molecule has 6 atom stereocenters. The average molecular weight is 426 g/mol. The highest BCUT2D eigenvalue weighted by atomic mass is 16.4. The van der Waals surface area contributed by atoms with E-state index in [1.807, 2.05) is 0 Å². The minimum absolute atomic E-state index is 0.393. The van der Waals surface area contributed by atoms with Crippen LogP contribution in [-0.4, -0.2) is 56.4 Å². The molecule has 2 aliphatic rings. The highest BCUT2D eigenvalue weighted by molar-refractivity contribution is 5.77. The van der Waals surface area contributed by atoms with Crippen LogP contribution in [0.4, 0.5) is 0 Å². The SMILES string of the molecule is C=C1CC[C@@H](C(=O)O)[C@H]([C@H](N)C(=O)O)C1.C=C1CC[C@H](C(=O)O)[C@H]([C@H](N)C(=O)O)C1. The number of allylic oxidation sites excluding steroid dienone is 2. The fourth-order valence-electron chi connectivity index (χ4n) is 4.04. The van der Waals surface area contributed by atoms with E-state index in [0.29, 0.717) is 38.5 Å². The number of carbonyl (C=O) groups is 4. The Balaban J connectivity index is 0.000000300. The van der Waals surface area contributed by atoms with Crippen LogP contribution in [0.2, 0.25) is 0 Å². The second-order valence-electron chi connectivity index (χ2n) is 7.93. The number of carboxylic acids is 4. The maximum absolute atomic E-state index is 10.9. The molecule has 30 heavy (non-hydrogen) atoms. The summed E-state index contributed by atoms with van der Waals surface area (Å²) in [5, 5.41) is 35.4. The van der Waals surface area contributed by atoms with Crippen LogP contribution >= 0.6 is 0 Å². The number of hydrogen-bond donors (Lipinski definition) is 6. The maximum atomic E-state index is 10.9. The van der Waals surface area contributed by atoms with Gasteiger partial charge in [-0.25, -0.2) is 0 Å². The summed E-state index contributed by atoms with van der Waals surface area (Å²) in [4.78, 5) is 43.3. The Labute approximate surface area is 174 Å². The van der Waals surface area contributed by atoms with Crippen molar-refractivity contribution in [3.63, 3.8) is 0 Å². The molecule has 0 aliphatic heterocycles. The van der Waals surface area contributed by atoms with Gasteiger partial charge in [0.05, 0.1) is 11.8 Å². The molecule has 0 spiro atoms. The summed E-state index contributed by atoms with van der Waals surface area (Å²) in [6.45, 7) is 7.52. The first-order valence-corrected chi connectivity index (χ1v) is 9.62.